The van der Waals surface area contributed by atoms with E-state index in [0.29, 0.717) is 17.8 Å². The lowest BCUT2D eigenvalue weighted by molar-refractivity contribution is 0.505. The van der Waals surface area contributed by atoms with Crippen LogP contribution in [0.25, 0.3) is 0 Å². The number of unbranched alkanes of at least 4 members (excludes halogenated alkanes) is 2. The molecule has 0 fully saturated rings. The molecule has 0 aliphatic heterocycles. The fourth-order valence-corrected chi connectivity index (χ4v) is 1.72. The van der Waals surface area contributed by atoms with Crippen molar-refractivity contribution in [2.45, 2.75) is 31.7 Å². The molecule has 4 heteroatoms. The van der Waals surface area contributed by atoms with Gasteiger partial charge in [0.05, 0.1) is 0 Å². The van der Waals surface area contributed by atoms with Crippen molar-refractivity contribution in [3.05, 3.63) is 0 Å². The van der Waals surface area contributed by atoms with E-state index in [2.05, 4.69) is 5.32 Å². The minimum Gasteiger partial charge on any atom is -0.312 e. The third-order valence-electron chi connectivity index (χ3n) is 1.90. The second-order valence-electron chi connectivity index (χ2n) is 3.03. The molecule has 0 aromatic carbocycles. The molecule has 0 saturated heterocycles. The second kappa shape index (κ2) is 10.9. The molecular formula is C9H18Cl3N. The smallest absolute Gasteiger partial charge is 0.0377 e. The highest BCUT2D eigenvalue weighted by molar-refractivity contribution is 6.18. The number of hydrogen-bond donors (Lipinski definition) is 1. The second-order valence-corrected chi connectivity index (χ2v) is 4.10. The Morgan fingerprint density at radius 2 is 1.69 bits per heavy atom. The third kappa shape index (κ3) is 9.14. The van der Waals surface area contributed by atoms with Crippen LogP contribution in [0.15, 0.2) is 0 Å². The highest BCUT2D eigenvalue weighted by Crippen LogP contribution is 2.05. The summed E-state index contributed by atoms with van der Waals surface area (Å²) in [5.74, 6) is 2.08. The van der Waals surface area contributed by atoms with Crippen LogP contribution in [0.2, 0.25) is 0 Å². The molecule has 0 amide bonds. The quantitative estimate of drug-likeness (QED) is 0.487. The Balaban J connectivity index is 3.25. The van der Waals surface area contributed by atoms with Gasteiger partial charge in [-0.3, -0.25) is 0 Å². The van der Waals surface area contributed by atoms with Gasteiger partial charge in [0, 0.05) is 30.2 Å². The zero-order chi connectivity index (χ0) is 9.94. The predicted octanol–water partition coefficient (Wildman–Crippen LogP) is 3.22. The van der Waals surface area contributed by atoms with Crippen LogP contribution in [0.5, 0.6) is 0 Å². The summed E-state index contributed by atoms with van der Waals surface area (Å²) in [7, 11) is 0. The van der Waals surface area contributed by atoms with Gasteiger partial charge in [0.25, 0.3) is 0 Å². The average molecular weight is 247 g/mol. The van der Waals surface area contributed by atoms with E-state index in [1.54, 1.807) is 0 Å². The number of alkyl halides is 3. The summed E-state index contributed by atoms with van der Waals surface area (Å²) >= 11 is 16.9. The minimum atomic E-state index is 0.413. The molecule has 0 spiro atoms. The van der Waals surface area contributed by atoms with E-state index in [1.807, 2.05) is 0 Å². The molecule has 1 atom stereocenters. The van der Waals surface area contributed by atoms with Crippen molar-refractivity contribution in [3.8, 4) is 0 Å². The number of hydrogen-bond acceptors (Lipinski definition) is 1. The number of nitrogens with one attached hydrogen (secondary N) is 1. The molecule has 80 valence electrons. The van der Waals surface area contributed by atoms with E-state index in [1.165, 1.54) is 12.8 Å². The first-order chi connectivity index (χ1) is 6.35. The van der Waals surface area contributed by atoms with Crippen LogP contribution in [-0.2, 0) is 0 Å². The van der Waals surface area contributed by atoms with Gasteiger partial charge >= 0.3 is 0 Å². The Labute approximate surface area is 96.1 Å². The predicted molar refractivity (Wildman–Crippen MR) is 62.4 cm³/mol. The maximum atomic E-state index is 5.78. The van der Waals surface area contributed by atoms with Gasteiger partial charge in [-0.05, 0) is 12.8 Å². The van der Waals surface area contributed by atoms with Crippen LogP contribution in [0.4, 0.5) is 0 Å². The highest BCUT2D eigenvalue weighted by atomic mass is 35.5. The number of rotatable bonds is 9. The summed E-state index contributed by atoms with van der Waals surface area (Å²) in [6.45, 7) is 0.842. The maximum Gasteiger partial charge on any atom is 0.0377 e. The molecule has 0 aromatic heterocycles. The van der Waals surface area contributed by atoms with Gasteiger partial charge in [-0.1, -0.05) is 12.8 Å². The Kier molecular flexibility index (Phi) is 11.6. The monoisotopic (exact) mass is 245 g/mol. The van der Waals surface area contributed by atoms with Crippen molar-refractivity contribution in [1.29, 1.82) is 0 Å². The first kappa shape index (κ1) is 13.8. The largest absolute Gasteiger partial charge is 0.312 e. The average Bonchev–Trinajstić information content (AvgIpc) is 2.17. The molecule has 0 bridgehead atoms. The van der Waals surface area contributed by atoms with Gasteiger partial charge in [0.1, 0.15) is 0 Å². The van der Waals surface area contributed by atoms with Crippen LogP contribution >= 0.6 is 34.8 Å². The van der Waals surface area contributed by atoms with E-state index in [4.69, 9.17) is 34.8 Å². The van der Waals surface area contributed by atoms with E-state index in [0.717, 1.165) is 25.3 Å². The normalized spacial score (nSPS) is 13.2. The van der Waals surface area contributed by atoms with Crippen molar-refractivity contribution in [2.24, 2.45) is 0 Å². The minimum absolute atomic E-state index is 0.413. The highest BCUT2D eigenvalue weighted by Gasteiger charge is 2.04. The van der Waals surface area contributed by atoms with Gasteiger partial charge < -0.3 is 5.32 Å². The molecular weight excluding hydrogens is 228 g/mol. The van der Waals surface area contributed by atoms with Gasteiger partial charge in [-0.25, -0.2) is 0 Å². The standard InChI is InChI=1S/C9H18Cl3N/c10-5-3-1-2-4-9(8-12)13-7-6-11/h9,13H,1-8H2. The van der Waals surface area contributed by atoms with Gasteiger partial charge in [0.2, 0.25) is 0 Å². The van der Waals surface area contributed by atoms with E-state index in [9.17, 15) is 0 Å². The van der Waals surface area contributed by atoms with Gasteiger partial charge in [-0.2, -0.15) is 0 Å². The molecule has 0 saturated carbocycles. The first-order valence-electron chi connectivity index (χ1n) is 4.76. The van der Waals surface area contributed by atoms with Crippen molar-refractivity contribution < 1.29 is 0 Å². The SMILES string of the molecule is ClCCCCCC(CCl)NCCCl. The van der Waals surface area contributed by atoms with E-state index < -0.39 is 0 Å². The van der Waals surface area contributed by atoms with Crippen molar-refractivity contribution in [2.75, 3.05) is 24.2 Å². The lowest BCUT2D eigenvalue weighted by Gasteiger charge is -2.14. The fraction of sp³-hybridized carbons (Fsp3) is 1.00. The Hall–Kier alpha value is 0.830. The molecule has 0 heterocycles. The van der Waals surface area contributed by atoms with Crippen molar-refractivity contribution >= 4 is 34.8 Å². The molecule has 13 heavy (non-hydrogen) atoms. The number of halogens is 3. The summed E-state index contributed by atoms with van der Waals surface area (Å²) in [5.41, 5.74) is 0. The van der Waals surface area contributed by atoms with E-state index in [-0.39, 0.29) is 0 Å². The fourth-order valence-electron chi connectivity index (χ4n) is 1.15. The molecule has 0 rings (SSSR count). The summed E-state index contributed by atoms with van der Waals surface area (Å²) in [4.78, 5) is 0. The summed E-state index contributed by atoms with van der Waals surface area (Å²) in [6, 6.07) is 0.413. The van der Waals surface area contributed by atoms with Crippen molar-refractivity contribution in [1.82, 2.24) is 5.32 Å². The maximum absolute atomic E-state index is 5.78. The van der Waals surface area contributed by atoms with Crippen LogP contribution in [0, 0.1) is 0 Å². The Bertz CT molecular complexity index is 101. The summed E-state index contributed by atoms with van der Waals surface area (Å²) < 4.78 is 0. The van der Waals surface area contributed by atoms with Crippen LogP contribution in [0.3, 0.4) is 0 Å². The lowest BCUT2D eigenvalue weighted by Crippen LogP contribution is -2.32. The summed E-state index contributed by atoms with van der Waals surface area (Å²) in [6.07, 6.45) is 4.61. The molecule has 0 aromatic rings. The van der Waals surface area contributed by atoms with Gasteiger partial charge in [0.15, 0.2) is 0 Å². The zero-order valence-electron chi connectivity index (χ0n) is 7.87. The summed E-state index contributed by atoms with van der Waals surface area (Å²) in [5, 5.41) is 3.30. The Morgan fingerprint density at radius 3 is 2.23 bits per heavy atom. The molecule has 0 aliphatic rings. The molecule has 0 aliphatic carbocycles. The molecule has 1 N–H and O–H groups in total. The van der Waals surface area contributed by atoms with E-state index >= 15 is 0 Å². The van der Waals surface area contributed by atoms with Crippen molar-refractivity contribution in [3.63, 3.8) is 0 Å². The van der Waals surface area contributed by atoms with Crippen LogP contribution in [-0.4, -0.2) is 30.2 Å². The Morgan fingerprint density at radius 1 is 0.923 bits per heavy atom. The molecule has 0 radical (unpaired) electrons. The van der Waals surface area contributed by atoms with Crippen LogP contribution < -0.4 is 5.32 Å². The topological polar surface area (TPSA) is 12.0 Å². The third-order valence-corrected chi connectivity index (χ3v) is 2.73. The lowest BCUT2D eigenvalue weighted by atomic mass is 10.1. The molecule has 1 nitrogen and oxygen atoms in total. The molecule has 1 unspecified atom stereocenters. The van der Waals surface area contributed by atoms with Gasteiger partial charge in [-0.15, -0.1) is 34.8 Å². The van der Waals surface area contributed by atoms with Crippen LogP contribution in [0.1, 0.15) is 25.7 Å². The zero-order valence-corrected chi connectivity index (χ0v) is 10.1. The first-order valence-corrected chi connectivity index (χ1v) is 6.36.